The van der Waals surface area contributed by atoms with Gasteiger partial charge in [0.15, 0.2) is 0 Å². The number of nitrogens with two attached hydrogens (primary N) is 2. The molecule has 0 amide bonds. The Morgan fingerprint density at radius 2 is 2.06 bits per heavy atom. The highest BCUT2D eigenvalue weighted by molar-refractivity contribution is 5.48. The van der Waals surface area contributed by atoms with Crippen molar-refractivity contribution in [1.29, 1.82) is 0 Å². The van der Waals surface area contributed by atoms with E-state index in [0.29, 0.717) is 11.6 Å². The van der Waals surface area contributed by atoms with E-state index in [1.807, 2.05) is 0 Å². The van der Waals surface area contributed by atoms with Crippen LogP contribution in [-0.2, 0) is 4.74 Å². The molecular formula is C11H19N5O. The summed E-state index contributed by atoms with van der Waals surface area (Å²) in [6.45, 7) is 4.74. The molecule has 1 saturated heterocycles. The molecule has 0 atom stereocenters. The van der Waals surface area contributed by atoms with Gasteiger partial charge in [0.1, 0.15) is 11.6 Å². The molecule has 0 saturated carbocycles. The van der Waals surface area contributed by atoms with E-state index in [9.17, 15) is 0 Å². The SMILES string of the molecule is CC1(CNc2cc(N)nc(N)n2)CCOCC1. The van der Waals surface area contributed by atoms with Crippen molar-refractivity contribution in [3.63, 3.8) is 0 Å². The van der Waals surface area contributed by atoms with Crippen molar-refractivity contribution in [3.8, 4) is 0 Å². The molecule has 0 aromatic carbocycles. The molecule has 0 unspecified atom stereocenters. The van der Waals surface area contributed by atoms with Gasteiger partial charge in [-0.15, -0.1) is 0 Å². The Hall–Kier alpha value is -1.56. The molecular weight excluding hydrogens is 218 g/mol. The highest BCUT2D eigenvalue weighted by Crippen LogP contribution is 2.29. The van der Waals surface area contributed by atoms with E-state index in [1.165, 1.54) is 0 Å². The Balaban J connectivity index is 1.96. The summed E-state index contributed by atoms with van der Waals surface area (Å²) in [6.07, 6.45) is 2.10. The maximum Gasteiger partial charge on any atom is 0.223 e. The Labute approximate surface area is 101 Å². The first-order valence-electron chi connectivity index (χ1n) is 5.79. The predicted octanol–water partition coefficient (Wildman–Crippen LogP) is 0.870. The molecule has 1 aromatic rings. The lowest BCUT2D eigenvalue weighted by molar-refractivity contribution is 0.0300. The fourth-order valence-corrected chi connectivity index (χ4v) is 1.92. The van der Waals surface area contributed by atoms with Crippen LogP contribution in [0, 0.1) is 5.41 Å². The van der Waals surface area contributed by atoms with E-state index >= 15 is 0 Å². The van der Waals surface area contributed by atoms with Crippen molar-refractivity contribution >= 4 is 17.6 Å². The molecule has 1 aliphatic heterocycles. The fourth-order valence-electron chi connectivity index (χ4n) is 1.92. The molecule has 6 nitrogen and oxygen atoms in total. The predicted molar refractivity (Wildman–Crippen MR) is 67.5 cm³/mol. The maximum atomic E-state index is 5.61. The third kappa shape index (κ3) is 3.20. The van der Waals surface area contributed by atoms with Crippen molar-refractivity contribution < 1.29 is 4.74 Å². The second-order valence-electron chi connectivity index (χ2n) is 4.81. The van der Waals surface area contributed by atoms with Gasteiger partial charge in [-0.25, -0.2) is 0 Å². The highest BCUT2D eigenvalue weighted by Gasteiger charge is 2.27. The molecule has 0 spiro atoms. The summed E-state index contributed by atoms with van der Waals surface area (Å²) >= 11 is 0. The van der Waals surface area contributed by atoms with Crippen LogP contribution in [-0.4, -0.2) is 29.7 Å². The van der Waals surface area contributed by atoms with Crippen LogP contribution in [0.5, 0.6) is 0 Å². The lowest BCUT2D eigenvalue weighted by Crippen LogP contribution is -2.33. The van der Waals surface area contributed by atoms with Crippen molar-refractivity contribution in [3.05, 3.63) is 6.07 Å². The Kier molecular flexibility index (Phi) is 3.33. The smallest absolute Gasteiger partial charge is 0.223 e. The lowest BCUT2D eigenvalue weighted by atomic mass is 9.82. The van der Waals surface area contributed by atoms with Crippen LogP contribution in [0.4, 0.5) is 17.6 Å². The maximum absolute atomic E-state index is 5.61. The van der Waals surface area contributed by atoms with E-state index in [0.717, 1.165) is 32.6 Å². The van der Waals surface area contributed by atoms with Crippen LogP contribution in [0.1, 0.15) is 19.8 Å². The van der Waals surface area contributed by atoms with Crippen LogP contribution in [0.15, 0.2) is 6.07 Å². The average molecular weight is 237 g/mol. The van der Waals surface area contributed by atoms with Gasteiger partial charge < -0.3 is 21.5 Å². The Morgan fingerprint density at radius 1 is 1.35 bits per heavy atom. The van der Waals surface area contributed by atoms with E-state index in [4.69, 9.17) is 16.2 Å². The first-order chi connectivity index (χ1) is 8.07. The number of nitrogen functional groups attached to an aromatic ring is 2. The second-order valence-corrected chi connectivity index (χ2v) is 4.81. The summed E-state index contributed by atoms with van der Waals surface area (Å²) in [5, 5.41) is 3.27. The molecule has 1 fully saturated rings. The number of nitrogens with one attached hydrogen (secondary N) is 1. The molecule has 1 aromatic heterocycles. The molecule has 6 heteroatoms. The zero-order valence-electron chi connectivity index (χ0n) is 10.1. The molecule has 17 heavy (non-hydrogen) atoms. The van der Waals surface area contributed by atoms with Gasteiger partial charge in [-0.05, 0) is 18.3 Å². The van der Waals surface area contributed by atoms with Crippen molar-refractivity contribution in [2.24, 2.45) is 5.41 Å². The van der Waals surface area contributed by atoms with Crippen molar-refractivity contribution in [2.75, 3.05) is 36.5 Å². The minimum absolute atomic E-state index is 0.199. The highest BCUT2D eigenvalue weighted by atomic mass is 16.5. The standard InChI is InChI=1S/C11H19N5O/c1-11(2-4-17-5-3-11)7-14-9-6-8(12)15-10(13)16-9/h6H,2-5,7H2,1H3,(H5,12,13,14,15,16). The molecule has 1 aliphatic rings. The Morgan fingerprint density at radius 3 is 2.71 bits per heavy atom. The zero-order valence-corrected chi connectivity index (χ0v) is 10.1. The van der Waals surface area contributed by atoms with E-state index in [2.05, 4.69) is 22.2 Å². The van der Waals surface area contributed by atoms with Crippen molar-refractivity contribution in [2.45, 2.75) is 19.8 Å². The molecule has 0 aliphatic carbocycles. The molecule has 2 rings (SSSR count). The third-order valence-electron chi connectivity index (χ3n) is 3.16. The second kappa shape index (κ2) is 4.75. The normalized spacial score (nSPS) is 18.9. The number of aromatic nitrogens is 2. The minimum atomic E-state index is 0.199. The summed E-state index contributed by atoms with van der Waals surface area (Å²) < 4.78 is 5.36. The van der Waals surface area contributed by atoms with Crippen LogP contribution < -0.4 is 16.8 Å². The number of hydrogen-bond donors (Lipinski definition) is 3. The topological polar surface area (TPSA) is 99.1 Å². The summed E-state index contributed by atoms with van der Waals surface area (Å²) in [4.78, 5) is 7.92. The molecule has 0 bridgehead atoms. The van der Waals surface area contributed by atoms with Gasteiger partial charge in [-0.1, -0.05) is 6.92 Å². The van der Waals surface area contributed by atoms with Crippen LogP contribution in [0.25, 0.3) is 0 Å². The van der Waals surface area contributed by atoms with Gasteiger partial charge >= 0.3 is 0 Å². The number of ether oxygens (including phenoxy) is 1. The molecule has 2 heterocycles. The van der Waals surface area contributed by atoms with Gasteiger partial charge in [0.25, 0.3) is 0 Å². The first kappa shape index (κ1) is 11.9. The summed E-state index contributed by atoms with van der Waals surface area (Å²) in [5.41, 5.74) is 11.4. The fraction of sp³-hybridized carbons (Fsp3) is 0.636. The van der Waals surface area contributed by atoms with Gasteiger partial charge in [-0.3, -0.25) is 0 Å². The van der Waals surface area contributed by atoms with E-state index in [-0.39, 0.29) is 11.4 Å². The lowest BCUT2D eigenvalue weighted by Gasteiger charge is -2.33. The molecule has 0 radical (unpaired) electrons. The van der Waals surface area contributed by atoms with Gasteiger partial charge in [0.05, 0.1) is 0 Å². The summed E-state index contributed by atoms with van der Waals surface area (Å²) in [7, 11) is 0. The van der Waals surface area contributed by atoms with Gasteiger partial charge in [0.2, 0.25) is 5.95 Å². The van der Waals surface area contributed by atoms with E-state index in [1.54, 1.807) is 6.07 Å². The molecule has 5 N–H and O–H groups in total. The number of hydrogen-bond acceptors (Lipinski definition) is 6. The summed E-state index contributed by atoms with van der Waals surface area (Å²) in [5.74, 6) is 1.27. The minimum Gasteiger partial charge on any atom is -0.383 e. The van der Waals surface area contributed by atoms with Gasteiger partial charge in [-0.2, -0.15) is 9.97 Å². The number of rotatable bonds is 3. The van der Waals surface area contributed by atoms with Crippen molar-refractivity contribution in [1.82, 2.24) is 9.97 Å². The summed E-state index contributed by atoms with van der Waals surface area (Å²) in [6, 6.07) is 1.69. The third-order valence-corrected chi connectivity index (χ3v) is 3.16. The average Bonchev–Trinajstić information content (AvgIpc) is 2.26. The zero-order chi connectivity index (χ0) is 12.3. The number of nitrogens with zero attached hydrogens (tertiary/aromatic N) is 2. The quantitative estimate of drug-likeness (QED) is 0.721. The Bertz CT molecular complexity index is 369. The number of anilines is 3. The monoisotopic (exact) mass is 237 g/mol. The van der Waals surface area contributed by atoms with Crippen LogP contribution in [0.2, 0.25) is 0 Å². The first-order valence-corrected chi connectivity index (χ1v) is 5.79. The molecule has 94 valence electrons. The van der Waals surface area contributed by atoms with Gasteiger partial charge in [0, 0.05) is 25.8 Å². The van der Waals surface area contributed by atoms with E-state index < -0.39 is 0 Å². The van der Waals surface area contributed by atoms with Crippen LogP contribution in [0.3, 0.4) is 0 Å². The van der Waals surface area contributed by atoms with Crippen LogP contribution >= 0.6 is 0 Å². The largest absolute Gasteiger partial charge is 0.383 e.